The van der Waals surface area contributed by atoms with Crippen LogP contribution in [0.15, 0.2) is 33.5 Å². The Morgan fingerprint density at radius 2 is 2.08 bits per heavy atom. The molecule has 25 heavy (non-hydrogen) atoms. The van der Waals surface area contributed by atoms with E-state index in [4.69, 9.17) is 9.15 Å². The molecule has 0 amide bonds. The molecule has 0 aliphatic heterocycles. The molecule has 3 aromatic rings. The van der Waals surface area contributed by atoms with Crippen LogP contribution in [0.1, 0.15) is 43.2 Å². The minimum atomic E-state index is -0.428. The molecule has 5 heteroatoms. The van der Waals surface area contributed by atoms with Gasteiger partial charge in [-0.15, -0.1) is 11.3 Å². The molecule has 0 bridgehead atoms. The molecule has 1 aliphatic carbocycles. The predicted octanol–water partition coefficient (Wildman–Crippen LogP) is 4.32. The molecular weight excluding hydrogens is 336 g/mol. The van der Waals surface area contributed by atoms with Crippen molar-refractivity contribution in [1.29, 1.82) is 0 Å². The van der Waals surface area contributed by atoms with Gasteiger partial charge in [-0.3, -0.25) is 0 Å². The van der Waals surface area contributed by atoms with Gasteiger partial charge < -0.3 is 9.15 Å². The summed E-state index contributed by atoms with van der Waals surface area (Å²) in [4.78, 5) is 26.2. The number of thiophene rings is 1. The maximum absolute atomic E-state index is 12.4. The van der Waals surface area contributed by atoms with Crippen LogP contribution in [0.4, 0.5) is 0 Å². The fourth-order valence-corrected chi connectivity index (χ4v) is 4.44. The molecule has 128 valence electrons. The Morgan fingerprint density at radius 3 is 2.88 bits per heavy atom. The molecule has 2 heterocycles. The lowest BCUT2D eigenvalue weighted by Gasteiger charge is -2.09. The fourth-order valence-electron chi connectivity index (χ4n) is 3.29. The molecule has 0 spiro atoms. The maximum Gasteiger partial charge on any atom is 0.348 e. The first kappa shape index (κ1) is 16.1. The minimum absolute atomic E-state index is 0.0615. The van der Waals surface area contributed by atoms with Gasteiger partial charge in [-0.25, -0.2) is 9.59 Å². The number of carbonyl (C=O) groups excluding carboxylic acids is 1. The van der Waals surface area contributed by atoms with E-state index in [0.29, 0.717) is 16.0 Å². The van der Waals surface area contributed by atoms with Gasteiger partial charge in [0.25, 0.3) is 0 Å². The van der Waals surface area contributed by atoms with Crippen molar-refractivity contribution in [2.45, 2.75) is 39.7 Å². The summed E-state index contributed by atoms with van der Waals surface area (Å²) in [5.41, 5.74) is 4.06. The standard InChI is InChI=1S/C20H18O4S/c1-11-6-7-15-14(9-18(21)24-19(15)12(11)2)10-23-20(22)17-8-13-4-3-5-16(13)25-17/h6-9H,3-5,10H2,1-2H3. The highest BCUT2D eigenvalue weighted by Crippen LogP contribution is 2.31. The van der Waals surface area contributed by atoms with Gasteiger partial charge in [-0.2, -0.15) is 0 Å². The Balaban J connectivity index is 1.61. The van der Waals surface area contributed by atoms with Crippen LogP contribution in [-0.2, 0) is 24.2 Å². The Hall–Kier alpha value is -2.40. The van der Waals surface area contributed by atoms with E-state index < -0.39 is 5.63 Å². The second-order valence-corrected chi connectivity index (χ2v) is 7.60. The summed E-state index contributed by atoms with van der Waals surface area (Å²) < 4.78 is 10.8. The van der Waals surface area contributed by atoms with E-state index in [9.17, 15) is 9.59 Å². The number of rotatable bonds is 3. The lowest BCUT2D eigenvalue weighted by molar-refractivity contribution is 0.0479. The second-order valence-electron chi connectivity index (χ2n) is 6.46. The van der Waals surface area contributed by atoms with E-state index in [-0.39, 0.29) is 12.6 Å². The summed E-state index contributed by atoms with van der Waals surface area (Å²) in [6.07, 6.45) is 3.26. The van der Waals surface area contributed by atoms with Crippen LogP contribution >= 0.6 is 11.3 Å². The van der Waals surface area contributed by atoms with Crippen molar-refractivity contribution in [2.24, 2.45) is 0 Å². The maximum atomic E-state index is 12.4. The van der Waals surface area contributed by atoms with Crippen molar-refractivity contribution in [3.05, 3.63) is 66.7 Å². The lowest BCUT2D eigenvalue weighted by atomic mass is 10.0. The second kappa shape index (κ2) is 6.15. The molecule has 2 aromatic heterocycles. The van der Waals surface area contributed by atoms with Gasteiger partial charge in [-0.1, -0.05) is 12.1 Å². The molecular formula is C20H18O4S. The summed E-state index contributed by atoms with van der Waals surface area (Å²) in [5, 5.41) is 0.809. The molecule has 0 saturated carbocycles. The molecule has 1 aliphatic rings. The third-order valence-corrected chi connectivity index (χ3v) is 6.04. The van der Waals surface area contributed by atoms with Gasteiger partial charge >= 0.3 is 11.6 Å². The Morgan fingerprint density at radius 1 is 1.24 bits per heavy atom. The zero-order valence-corrected chi connectivity index (χ0v) is 15.0. The van der Waals surface area contributed by atoms with Gasteiger partial charge in [-0.05, 0) is 55.9 Å². The highest BCUT2D eigenvalue weighted by molar-refractivity contribution is 7.14. The molecule has 0 saturated heterocycles. The van der Waals surface area contributed by atoms with E-state index >= 15 is 0 Å². The normalized spacial score (nSPS) is 13.2. The summed E-state index contributed by atoms with van der Waals surface area (Å²) in [6, 6.07) is 7.23. The Kier molecular flexibility index (Phi) is 3.96. The van der Waals surface area contributed by atoms with Crippen molar-refractivity contribution in [3.8, 4) is 0 Å². The quantitative estimate of drug-likeness (QED) is 0.519. The topological polar surface area (TPSA) is 56.5 Å². The third kappa shape index (κ3) is 2.89. The van der Waals surface area contributed by atoms with E-state index in [1.165, 1.54) is 34.3 Å². The van der Waals surface area contributed by atoms with E-state index in [0.717, 1.165) is 29.4 Å². The first-order valence-electron chi connectivity index (χ1n) is 8.34. The first-order chi connectivity index (χ1) is 12.0. The van der Waals surface area contributed by atoms with Gasteiger partial charge in [0.2, 0.25) is 0 Å². The van der Waals surface area contributed by atoms with Crippen LogP contribution in [-0.4, -0.2) is 5.97 Å². The first-order valence-corrected chi connectivity index (χ1v) is 9.16. The van der Waals surface area contributed by atoms with Crippen molar-refractivity contribution in [2.75, 3.05) is 0 Å². The van der Waals surface area contributed by atoms with E-state index in [1.807, 2.05) is 32.0 Å². The predicted molar refractivity (Wildman–Crippen MR) is 97.4 cm³/mol. The van der Waals surface area contributed by atoms with Gasteiger partial charge in [0.05, 0.1) is 0 Å². The van der Waals surface area contributed by atoms with Crippen LogP contribution in [0.5, 0.6) is 0 Å². The minimum Gasteiger partial charge on any atom is -0.457 e. The van der Waals surface area contributed by atoms with Gasteiger partial charge in [0.15, 0.2) is 0 Å². The van der Waals surface area contributed by atoms with Gasteiger partial charge in [0, 0.05) is 21.9 Å². The summed E-state index contributed by atoms with van der Waals surface area (Å²) in [5.74, 6) is -0.329. The Labute approximate surface area is 149 Å². The molecule has 0 fully saturated rings. The SMILES string of the molecule is Cc1ccc2c(COC(=O)c3cc4c(s3)CCC4)cc(=O)oc2c1C. The summed E-state index contributed by atoms with van der Waals surface area (Å²) in [7, 11) is 0. The smallest absolute Gasteiger partial charge is 0.348 e. The fraction of sp³-hybridized carbons (Fsp3) is 0.300. The van der Waals surface area contributed by atoms with Crippen LogP contribution < -0.4 is 5.63 Å². The van der Waals surface area contributed by atoms with Crippen molar-refractivity contribution in [3.63, 3.8) is 0 Å². The molecule has 0 atom stereocenters. The zero-order valence-electron chi connectivity index (χ0n) is 14.2. The van der Waals surface area contributed by atoms with E-state index in [2.05, 4.69) is 0 Å². The molecule has 0 N–H and O–H groups in total. The molecule has 4 rings (SSSR count). The van der Waals surface area contributed by atoms with Crippen molar-refractivity contribution < 1.29 is 13.9 Å². The van der Waals surface area contributed by atoms with Crippen molar-refractivity contribution in [1.82, 2.24) is 0 Å². The highest BCUT2D eigenvalue weighted by Gasteiger charge is 2.20. The highest BCUT2D eigenvalue weighted by atomic mass is 32.1. The average Bonchev–Trinajstić information content (AvgIpc) is 3.18. The number of fused-ring (bicyclic) bond motifs is 2. The molecule has 0 radical (unpaired) electrons. The number of ether oxygens (including phenoxy) is 1. The number of hydrogen-bond donors (Lipinski definition) is 0. The van der Waals surface area contributed by atoms with Crippen LogP contribution in [0, 0.1) is 13.8 Å². The average molecular weight is 354 g/mol. The summed E-state index contributed by atoms with van der Waals surface area (Å²) in [6.45, 7) is 3.95. The summed E-state index contributed by atoms with van der Waals surface area (Å²) >= 11 is 1.52. The molecule has 4 nitrogen and oxygen atoms in total. The molecule has 0 unspecified atom stereocenters. The lowest BCUT2D eigenvalue weighted by Crippen LogP contribution is -2.07. The van der Waals surface area contributed by atoms with Crippen molar-refractivity contribution >= 4 is 28.3 Å². The number of benzene rings is 1. The Bertz CT molecular complexity index is 1020. The number of aryl methyl sites for hydroxylation is 4. The monoisotopic (exact) mass is 354 g/mol. The van der Waals surface area contributed by atoms with Crippen LogP contribution in [0.3, 0.4) is 0 Å². The van der Waals surface area contributed by atoms with Crippen LogP contribution in [0.25, 0.3) is 11.0 Å². The third-order valence-electron chi connectivity index (χ3n) is 4.82. The number of carbonyl (C=O) groups is 1. The molecule has 1 aromatic carbocycles. The van der Waals surface area contributed by atoms with E-state index in [1.54, 1.807) is 0 Å². The largest absolute Gasteiger partial charge is 0.457 e. The zero-order chi connectivity index (χ0) is 17.6. The number of esters is 1. The number of hydrogen-bond acceptors (Lipinski definition) is 5. The van der Waals surface area contributed by atoms with Gasteiger partial charge in [0.1, 0.15) is 17.1 Å². The van der Waals surface area contributed by atoms with Crippen LogP contribution in [0.2, 0.25) is 0 Å².